The van der Waals surface area contributed by atoms with Crippen LogP contribution in [0.2, 0.25) is 0 Å². The molecule has 0 amide bonds. The number of ether oxygens (including phenoxy) is 1. The number of methoxy groups -OCH3 is 1. The number of nitrogen functional groups attached to an aromatic ring is 1. The quantitative estimate of drug-likeness (QED) is 0.711. The van der Waals surface area contributed by atoms with Gasteiger partial charge in [0.1, 0.15) is 11.3 Å². The van der Waals surface area contributed by atoms with Crippen LogP contribution in [0.1, 0.15) is 30.4 Å². The molecule has 0 unspecified atom stereocenters. The van der Waals surface area contributed by atoms with Crippen LogP contribution in [0.5, 0.6) is 5.75 Å². The van der Waals surface area contributed by atoms with Gasteiger partial charge in [0.15, 0.2) is 5.52 Å². The van der Waals surface area contributed by atoms with Crippen molar-refractivity contribution >= 4 is 17.0 Å². The van der Waals surface area contributed by atoms with Gasteiger partial charge in [0.25, 0.3) is 5.56 Å². The number of anilines is 1. The number of aromatic nitrogens is 4. The second kappa shape index (κ2) is 7.40. The van der Waals surface area contributed by atoms with Crippen molar-refractivity contribution < 1.29 is 4.74 Å². The Kier molecular flexibility index (Phi) is 4.81. The van der Waals surface area contributed by atoms with Crippen molar-refractivity contribution in [2.45, 2.75) is 32.4 Å². The molecule has 3 heterocycles. The molecule has 27 heavy (non-hydrogen) atoms. The van der Waals surface area contributed by atoms with E-state index in [-0.39, 0.29) is 17.0 Å². The van der Waals surface area contributed by atoms with Gasteiger partial charge in [-0.15, -0.1) is 0 Å². The average Bonchev–Trinajstić information content (AvgIpc) is 3.06. The molecule has 4 rings (SSSR count). The molecule has 2 aromatic heterocycles. The summed E-state index contributed by atoms with van der Waals surface area (Å²) in [6.45, 7) is 3.76. The Balaban J connectivity index is 1.56. The van der Waals surface area contributed by atoms with Gasteiger partial charge in [0.2, 0.25) is 5.95 Å². The van der Waals surface area contributed by atoms with E-state index < -0.39 is 0 Å². The van der Waals surface area contributed by atoms with Gasteiger partial charge >= 0.3 is 0 Å². The van der Waals surface area contributed by atoms with Crippen LogP contribution in [0.25, 0.3) is 11.0 Å². The third kappa shape index (κ3) is 3.80. The first-order valence-corrected chi connectivity index (χ1v) is 9.23. The summed E-state index contributed by atoms with van der Waals surface area (Å²) in [5, 5.41) is 4.33. The normalized spacial score (nSPS) is 15.3. The van der Waals surface area contributed by atoms with Crippen molar-refractivity contribution in [3.05, 3.63) is 45.9 Å². The van der Waals surface area contributed by atoms with E-state index in [2.05, 4.69) is 38.2 Å². The fraction of sp³-hybridized carbons (Fsp3) is 0.421. The zero-order chi connectivity index (χ0) is 18.8. The molecule has 0 saturated carbocycles. The zero-order valence-electron chi connectivity index (χ0n) is 15.4. The SMILES string of the molecule is COc1cc(CN2CCCCC2)ccc1Cn1cc2nc(N)[nH]c(=O)c2n1. The van der Waals surface area contributed by atoms with E-state index in [1.54, 1.807) is 18.0 Å². The molecule has 1 aliphatic rings. The van der Waals surface area contributed by atoms with Crippen molar-refractivity contribution in [2.24, 2.45) is 0 Å². The lowest BCUT2D eigenvalue weighted by Crippen LogP contribution is -2.29. The van der Waals surface area contributed by atoms with E-state index >= 15 is 0 Å². The zero-order valence-corrected chi connectivity index (χ0v) is 15.4. The molecule has 3 aromatic rings. The summed E-state index contributed by atoms with van der Waals surface area (Å²) < 4.78 is 7.29. The van der Waals surface area contributed by atoms with Crippen molar-refractivity contribution in [1.82, 2.24) is 24.6 Å². The highest BCUT2D eigenvalue weighted by Crippen LogP contribution is 2.23. The summed E-state index contributed by atoms with van der Waals surface area (Å²) >= 11 is 0. The molecule has 1 saturated heterocycles. The van der Waals surface area contributed by atoms with Crippen LogP contribution in [0.15, 0.2) is 29.2 Å². The van der Waals surface area contributed by atoms with Crippen molar-refractivity contribution in [1.29, 1.82) is 0 Å². The van der Waals surface area contributed by atoms with Crippen LogP contribution in [-0.2, 0) is 13.1 Å². The van der Waals surface area contributed by atoms with Gasteiger partial charge in [0, 0.05) is 12.1 Å². The number of nitrogens with zero attached hydrogens (tertiary/aromatic N) is 4. The molecule has 142 valence electrons. The number of benzene rings is 1. The lowest BCUT2D eigenvalue weighted by Gasteiger charge is -2.26. The Morgan fingerprint density at radius 1 is 1.22 bits per heavy atom. The molecule has 3 N–H and O–H groups in total. The highest BCUT2D eigenvalue weighted by atomic mass is 16.5. The molecular formula is C19H24N6O2. The predicted octanol–water partition coefficient (Wildman–Crippen LogP) is 1.74. The van der Waals surface area contributed by atoms with Crippen molar-refractivity contribution in [3.8, 4) is 5.75 Å². The molecule has 1 aromatic carbocycles. The fourth-order valence-corrected chi connectivity index (χ4v) is 3.64. The number of fused-ring (bicyclic) bond motifs is 1. The van der Waals surface area contributed by atoms with Gasteiger partial charge in [-0.2, -0.15) is 5.10 Å². The van der Waals surface area contributed by atoms with Crippen LogP contribution in [0.4, 0.5) is 5.95 Å². The molecule has 1 aliphatic heterocycles. The molecule has 0 spiro atoms. The van der Waals surface area contributed by atoms with Gasteiger partial charge in [-0.3, -0.25) is 19.4 Å². The van der Waals surface area contributed by atoms with Gasteiger partial charge in [0.05, 0.1) is 19.9 Å². The molecule has 1 fully saturated rings. The van der Waals surface area contributed by atoms with E-state index in [1.807, 2.05) is 0 Å². The van der Waals surface area contributed by atoms with Crippen LogP contribution < -0.4 is 16.0 Å². The second-order valence-corrected chi connectivity index (χ2v) is 6.99. The molecule has 0 radical (unpaired) electrons. The van der Waals surface area contributed by atoms with E-state index in [9.17, 15) is 4.79 Å². The topological polar surface area (TPSA) is 102 Å². The number of aromatic amines is 1. The Morgan fingerprint density at radius 3 is 2.81 bits per heavy atom. The molecular weight excluding hydrogens is 344 g/mol. The monoisotopic (exact) mass is 368 g/mol. The molecule has 0 bridgehead atoms. The summed E-state index contributed by atoms with van der Waals surface area (Å²) in [6, 6.07) is 6.30. The first kappa shape index (κ1) is 17.5. The predicted molar refractivity (Wildman–Crippen MR) is 104 cm³/mol. The standard InChI is InChI=1S/C19H24N6O2/c1-27-16-9-13(10-24-7-3-2-4-8-24)5-6-14(16)11-25-12-15-17(23-25)18(26)22-19(20)21-15/h5-6,9,12H,2-4,7-8,10-11H2,1H3,(H3,20,21,22,26). The maximum Gasteiger partial charge on any atom is 0.280 e. The molecule has 0 atom stereocenters. The van der Waals surface area contributed by atoms with Gasteiger partial charge in [-0.25, -0.2) is 4.98 Å². The second-order valence-electron chi connectivity index (χ2n) is 6.99. The summed E-state index contributed by atoms with van der Waals surface area (Å²) in [6.07, 6.45) is 5.61. The summed E-state index contributed by atoms with van der Waals surface area (Å²) in [5.41, 5.74) is 8.27. The first-order valence-electron chi connectivity index (χ1n) is 9.23. The third-order valence-electron chi connectivity index (χ3n) is 4.98. The van der Waals surface area contributed by atoms with E-state index in [0.717, 1.165) is 30.9 Å². The number of H-pyrrole nitrogens is 1. The molecule has 0 aliphatic carbocycles. The van der Waals surface area contributed by atoms with Crippen molar-refractivity contribution in [2.75, 3.05) is 25.9 Å². The minimum Gasteiger partial charge on any atom is -0.496 e. The number of nitrogens with two attached hydrogens (primary N) is 1. The van der Waals surface area contributed by atoms with E-state index in [1.165, 1.54) is 24.8 Å². The van der Waals surface area contributed by atoms with E-state index in [4.69, 9.17) is 10.5 Å². The Bertz CT molecular complexity index is 1000. The highest BCUT2D eigenvalue weighted by Gasteiger charge is 2.13. The van der Waals surface area contributed by atoms with Gasteiger partial charge in [-0.05, 0) is 37.6 Å². The average molecular weight is 368 g/mol. The first-order chi connectivity index (χ1) is 13.1. The van der Waals surface area contributed by atoms with Crippen LogP contribution >= 0.6 is 0 Å². The Morgan fingerprint density at radius 2 is 2.04 bits per heavy atom. The number of likely N-dealkylation sites (tertiary alicyclic amines) is 1. The van der Waals surface area contributed by atoms with Crippen LogP contribution in [-0.4, -0.2) is 44.8 Å². The van der Waals surface area contributed by atoms with Crippen LogP contribution in [0.3, 0.4) is 0 Å². The summed E-state index contributed by atoms with van der Waals surface area (Å²) in [7, 11) is 1.68. The lowest BCUT2D eigenvalue weighted by molar-refractivity contribution is 0.220. The number of hydrogen-bond donors (Lipinski definition) is 2. The smallest absolute Gasteiger partial charge is 0.280 e. The number of hydrogen-bond acceptors (Lipinski definition) is 6. The third-order valence-corrected chi connectivity index (χ3v) is 4.98. The van der Waals surface area contributed by atoms with Gasteiger partial charge in [-0.1, -0.05) is 18.6 Å². The van der Waals surface area contributed by atoms with Crippen LogP contribution in [0, 0.1) is 0 Å². The van der Waals surface area contributed by atoms with Crippen molar-refractivity contribution in [3.63, 3.8) is 0 Å². The molecule has 8 heteroatoms. The van der Waals surface area contributed by atoms with E-state index in [0.29, 0.717) is 12.1 Å². The lowest BCUT2D eigenvalue weighted by atomic mass is 10.1. The maximum atomic E-state index is 11.9. The number of rotatable bonds is 5. The Hall–Kier alpha value is -2.87. The minimum atomic E-state index is -0.333. The summed E-state index contributed by atoms with van der Waals surface area (Å²) in [5.74, 6) is 0.914. The number of piperidine rings is 1. The summed E-state index contributed by atoms with van der Waals surface area (Å²) in [4.78, 5) is 21.0. The van der Waals surface area contributed by atoms with Gasteiger partial charge < -0.3 is 10.5 Å². The molecule has 8 nitrogen and oxygen atoms in total. The fourth-order valence-electron chi connectivity index (χ4n) is 3.64. The minimum absolute atomic E-state index is 0.0895. The number of nitrogens with one attached hydrogen (secondary N) is 1. The Labute approximate surface area is 157 Å². The maximum absolute atomic E-state index is 11.9. The highest BCUT2D eigenvalue weighted by molar-refractivity contribution is 5.73. The largest absolute Gasteiger partial charge is 0.496 e.